The molecule has 0 saturated carbocycles. The van der Waals surface area contributed by atoms with Crippen molar-refractivity contribution in [3.63, 3.8) is 0 Å². The molecule has 0 spiro atoms. The summed E-state index contributed by atoms with van der Waals surface area (Å²) in [5, 5.41) is 4.96. The summed E-state index contributed by atoms with van der Waals surface area (Å²) in [6.07, 6.45) is 0. The molecule has 0 aliphatic rings. The number of ether oxygens (including phenoxy) is 2. The lowest BCUT2D eigenvalue weighted by molar-refractivity contribution is -0.120. The molecule has 0 aliphatic carbocycles. The number of benzene rings is 2. The minimum absolute atomic E-state index is 0.0227. The van der Waals surface area contributed by atoms with Crippen LogP contribution in [0.25, 0.3) is 0 Å². The van der Waals surface area contributed by atoms with Crippen LogP contribution >= 0.6 is 0 Å². The Morgan fingerprint density at radius 1 is 1.04 bits per heavy atom. The van der Waals surface area contributed by atoms with Crippen molar-refractivity contribution in [3.8, 4) is 11.5 Å². The molecule has 2 rings (SSSR count). The number of rotatable bonds is 7. The zero-order valence-corrected chi connectivity index (χ0v) is 15.1. The molecule has 6 nitrogen and oxygen atoms in total. The number of methoxy groups -OCH3 is 2. The van der Waals surface area contributed by atoms with Gasteiger partial charge in [0.25, 0.3) is 5.91 Å². The number of halogens is 2. The first-order chi connectivity index (χ1) is 12.8. The van der Waals surface area contributed by atoms with Crippen molar-refractivity contribution in [2.24, 2.45) is 0 Å². The van der Waals surface area contributed by atoms with E-state index in [9.17, 15) is 18.4 Å². The van der Waals surface area contributed by atoms with Crippen molar-refractivity contribution in [1.82, 2.24) is 10.6 Å². The van der Waals surface area contributed by atoms with Crippen LogP contribution in [-0.4, -0.2) is 32.6 Å². The summed E-state index contributed by atoms with van der Waals surface area (Å²) in [6, 6.07) is 6.83. The molecule has 0 radical (unpaired) electrons. The Morgan fingerprint density at radius 3 is 2.41 bits per heavy atom. The van der Waals surface area contributed by atoms with Crippen LogP contribution in [0.4, 0.5) is 8.78 Å². The van der Waals surface area contributed by atoms with E-state index in [0.29, 0.717) is 11.5 Å². The minimum Gasteiger partial charge on any atom is -0.493 e. The first kappa shape index (κ1) is 20.2. The first-order valence-electron chi connectivity index (χ1n) is 8.10. The Balaban J connectivity index is 1.95. The Hall–Kier alpha value is -3.16. The van der Waals surface area contributed by atoms with Gasteiger partial charge in [-0.1, -0.05) is 0 Å². The van der Waals surface area contributed by atoms with Gasteiger partial charge in [-0.25, -0.2) is 8.78 Å². The van der Waals surface area contributed by atoms with Crippen molar-refractivity contribution >= 4 is 11.8 Å². The molecule has 0 heterocycles. The van der Waals surface area contributed by atoms with Gasteiger partial charge in [-0.3, -0.25) is 9.59 Å². The van der Waals surface area contributed by atoms with Gasteiger partial charge in [-0.2, -0.15) is 0 Å². The van der Waals surface area contributed by atoms with Gasteiger partial charge in [-0.05, 0) is 43.3 Å². The van der Waals surface area contributed by atoms with Crippen molar-refractivity contribution in [1.29, 1.82) is 0 Å². The van der Waals surface area contributed by atoms with Gasteiger partial charge in [0.15, 0.2) is 11.5 Å². The standard InChI is InChI=1S/C19H20F2N2O4/c1-11(14-9-13(20)5-6-15(14)21)23-18(24)10-22-19(25)12-4-7-16(26-2)17(8-12)27-3/h4-9,11H,10H2,1-3H3,(H,22,25)(H,23,24). The molecule has 8 heteroatoms. The zero-order chi connectivity index (χ0) is 20.0. The van der Waals surface area contributed by atoms with E-state index in [1.54, 1.807) is 6.07 Å². The zero-order valence-electron chi connectivity index (χ0n) is 15.1. The third kappa shape index (κ3) is 5.16. The van der Waals surface area contributed by atoms with E-state index in [4.69, 9.17) is 9.47 Å². The molecule has 0 fully saturated rings. The first-order valence-corrected chi connectivity index (χ1v) is 8.10. The number of amides is 2. The maximum absolute atomic E-state index is 13.7. The van der Waals surface area contributed by atoms with Gasteiger partial charge in [0.2, 0.25) is 5.91 Å². The Kier molecular flexibility index (Phi) is 6.70. The van der Waals surface area contributed by atoms with Crippen molar-refractivity contribution in [2.45, 2.75) is 13.0 Å². The molecule has 0 aromatic heterocycles. The third-order valence-electron chi connectivity index (χ3n) is 3.86. The summed E-state index contributed by atoms with van der Waals surface area (Å²) < 4.78 is 37.2. The van der Waals surface area contributed by atoms with Crippen LogP contribution in [0.5, 0.6) is 11.5 Å². The second-order valence-corrected chi connectivity index (χ2v) is 5.71. The highest BCUT2D eigenvalue weighted by Gasteiger charge is 2.16. The molecule has 1 atom stereocenters. The number of nitrogens with one attached hydrogen (secondary N) is 2. The molecule has 2 aromatic rings. The maximum atomic E-state index is 13.7. The van der Waals surface area contributed by atoms with E-state index in [1.165, 1.54) is 33.3 Å². The normalized spacial score (nSPS) is 11.4. The van der Waals surface area contributed by atoms with Crippen LogP contribution in [0.3, 0.4) is 0 Å². The largest absolute Gasteiger partial charge is 0.493 e. The van der Waals surface area contributed by atoms with E-state index in [2.05, 4.69) is 10.6 Å². The molecule has 2 amide bonds. The number of hydrogen-bond acceptors (Lipinski definition) is 4. The molecule has 0 saturated heterocycles. The highest BCUT2D eigenvalue weighted by Crippen LogP contribution is 2.27. The smallest absolute Gasteiger partial charge is 0.251 e. The lowest BCUT2D eigenvalue weighted by Crippen LogP contribution is -2.38. The molecule has 27 heavy (non-hydrogen) atoms. The van der Waals surface area contributed by atoms with E-state index in [0.717, 1.165) is 18.2 Å². The minimum atomic E-state index is -0.758. The fourth-order valence-electron chi connectivity index (χ4n) is 2.46. The summed E-state index contributed by atoms with van der Waals surface area (Å²) in [6.45, 7) is 1.19. The van der Waals surface area contributed by atoms with Crippen molar-refractivity contribution in [3.05, 3.63) is 59.2 Å². The Bertz CT molecular complexity index is 842. The average Bonchev–Trinajstić information content (AvgIpc) is 2.67. The van der Waals surface area contributed by atoms with E-state index in [-0.39, 0.29) is 17.7 Å². The molecule has 2 N–H and O–H groups in total. The number of hydrogen-bond donors (Lipinski definition) is 2. The van der Waals surface area contributed by atoms with Crippen LogP contribution < -0.4 is 20.1 Å². The second-order valence-electron chi connectivity index (χ2n) is 5.71. The molecular weight excluding hydrogens is 358 g/mol. The maximum Gasteiger partial charge on any atom is 0.251 e. The summed E-state index contributed by atoms with van der Waals surface area (Å²) >= 11 is 0. The number of carbonyl (C=O) groups is 2. The number of carbonyl (C=O) groups excluding carboxylic acids is 2. The molecule has 1 unspecified atom stereocenters. The van der Waals surface area contributed by atoms with Crippen LogP contribution in [0.1, 0.15) is 28.9 Å². The lowest BCUT2D eigenvalue weighted by Gasteiger charge is -2.15. The highest BCUT2D eigenvalue weighted by atomic mass is 19.1. The van der Waals surface area contributed by atoms with E-state index < -0.39 is 29.5 Å². The Labute approximate surface area is 155 Å². The van der Waals surface area contributed by atoms with Gasteiger partial charge in [0, 0.05) is 11.1 Å². The molecule has 0 bridgehead atoms. The molecule has 144 valence electrons. The van der Waals surface area contributed by atoms with Crippen LogP contribution in [0, 0.1) is 11.6 Å². The van der Waals surface area contributed by atoms with Gasteiger partial charge < -0.3 is 20.1 Å². The summed E-state index contributed by atoms with van der Waals surface area (Å²) in [5.74, 6) is -1.41. The fraction of sp³-hybridized carbons (Fsp3) is 0.263. The van der Waals surface area contributed by atoms with E-state index in [1.807, 2.05) is 0 Å². The monoisotopic (exact) mass is 378 g/mol. The van der Waals surface area contributed by atoms with Gasteiger partial charge in [-0.15, -0.1) is 0 Å². The fourth-order valence-corrected chi connectivity index (χ4v) is 2.46. The second kappa shape index (κ2) is 8.98. The summed E-state index contributed by atoms with van der Waals surface area (Å²) in [4.78, 5) is 24.2. The van der Waals surface area contributed by atoms with E-state index >= 15 is 0 Å². The molecule has 0 aliphatic heterocycles. The summed E-state index contributed by atoms with van der Waals surface area (Å²) in [7, 11) is 2.92. The third-order valence-corrected chi connectivity index (χ3v) is 3.86. The quantitative estimate of drug-likeness (QED) is 0.777. The van der Waals surface area contributed by atoms with Crippen LogP contribution in [0.15, 0.2) is 36.4 Å². The molecular formula is C19H20F2N2O4. The topological polar surface area (TPSA) is 76.7 Å². The predicted octanol–water partition coefficient (Wildman–Crippen LogP) is 2.59. The van der Waals surface area contributed by atoms with Gasteiger partial charge in [0.1, 0.15) is 11.6 Å². The lowest BCUT2D eigenvalue weighted by atomic mass is 10.1. The van der Waals surface area contributed by atoms with Crippen LogP contribution in [-0.2, 0) is 4.79 Å². The molecule has 2 aromatic carbocycles. The van der Waals surface area contributed by atoms with Crippen molar-refractivity contribution in [2.75, 3.05) is 20.8 Å². The highest BCUT2D eigenvalue weighted by molar-refractivity contribution is 5.97. The van der Waals surface area contributed by atoms with Crippen molar-refractivity contribution < 1.29 is 27.8 Å². The Morgan fingerprint density at radius 2 is 1.74 bits per heavy atom. The van der Waals surface area contributed by atoms with Crippen LogP contribution in [0.2, 0.25) is 0 Å². The average molecular weight is 378 g/mol. The van der Waals surface area contributed by atoms with Gasteiger partial charge >= 0.3 is 0 Å². The predicted molar refractivity (Wildman–Crippen MR) is 94.8 cm³/mol. The van der Waals surface area contributed by atoms with Gasteiger partial charge in [0.05, 0.1) is 26.8 Å². The summed E-state index contributed by atoms with van der Waals surface area (Å²) in [5.41, 5.74) is 0.305. The SMILES string of the molecule is COc1ccc(C(=O)NCC(=O)NC(C)c2cc(F)ccc2F)cc1OC.